The van der Waals surface area contributed by atoms with E-state index in [1.165, 1.54) is 24.3 Å². The van der Waals surface area contributed by atoms with E-state index in [0.29, 0.717) is 33.3 Å². The Morgan fingerprint density at radius 1 is 0.857 bits per heavy atom. The highest BCUT2D eigenvalue weighted by Gasteiger charge is 2.15. The van der Waals surface area contributed by atoms with Crippen molar-refractivity contribution in [3.8, 4) is 11.3 Å². The molecule has 0 N–H and O–H groups in total. The third-order valence-corrected chi connectivity index (χ3v) is 4.36. The quantitative estimate of drug-likeness (QED) is 0.440. The largest absolute Gasteiger partial charge is 0.457 e. The van der Waals surface area contributed by atoms with Crippen LogP contribution in [0, 0.1) is 11.6 Å². The number of benzene rings is 3. The summed E-state index contributed by atoms with van der Waals surface area (Å²) in [6.07, 6.45) is 0. The number of aromatic nitrogens is 1. The van der Waals surface area contributed by atoms with Crippen molar-refractivity contribution in [2.45, 2.75) is 6.61 Å². The zero-order valence-electron chi connectivity index (χ0n) is 14.7. The molecule has 5 heteroatoms. The lowest BCUT2D eigenvalue weighted by Gasteiger charge is -2.10. The van der Waals surface area contributed by atoms with Gasteiger partial charge in [-0.1, -0.05) is 30.3 Å². The summed E-state index contributed by atoms with van der Waals surface area (Å²) in [4.78, 5) is 17.3. The molecule has 0 amide bonds. The molecule has 1 heterocycles. The average Bonchev–Trinajstić information content (AvgIpc) is 2.73. The number of halogens is 2. The van der Waals surface area contributed by atoms with E-state index in [9.17, 15) is 13.6 Å². The number of rotatable bonds is 4. The molecule has 0 saturated carbocycles. The number of esters is 1. The van der Waals surface area contributed by atoms with Gasteiger partial charge in [0.25, 0.3) is 0 Å². The Morgan fingerprint density at radius 3 is 2.21 bits per heavy atom. The second-order valence-electron chi connectivity index (χ2n) is 6.28. The highest BCUT2D eigenvalue weighted by molar-refractivity contribution is 6.04. The maximum absolute atomic E-state index is 13.2. The third-order valence-electron chi connectivity index (χ3n) is 4.36. The first-order valence-electron chi connectivity index (χ1n) is 8.67. The van der Waals surface area contributed by atoms with Gasteiger partial charge in [0.2, 0.25) is 0 Å². The molecule has 0 aliphatic heterocycles. The molecule has 28 heavy (non-hydrogen) atoms. The highest BCUT2D eigenvalue weighted by atomic mass is 19.1. The Kier molecular flexibility index (Phi) is 4.81. The Labute approximate surface area is 160 Å². The summed E-state index contributed by atoms with van der Waals surface area (Å²) in [5, 5.41) is 0.664. The molecule has 1 aromatic heterocycles. The van der Waals surface area contributed by atoms with Gasteiger partial charge in [-0.15, -0.1) is 0 Å². The van der Waals surface area contributed by atoms with Gasteiger partial charge in [0.15, 0.2) is 0 Å². The molecule has 4 rings (SSSR count). The summed E-state index contributed by atoms with van der Waals surface area (Å²) < 4.78 is 31.7. The summed E-state index contributed by atoms with van der Waals surface area (Å²) >= 11 is 0. The zero-order valence-corrected chi connectivity index (χ0v) is 14.7. The fourth-order valence-electron chi connectivity index (χ4n) is 2.92. The molecule has 3 nitrogen and oxygen atoms in total. The minimum absolute atomic E-state index is 0.0294. The maximum Gasteiger partial charge on any atom is 0.339 e. The predicted octanol–water partition coefficient (Wildman–Crippen LogP) is 5.54. The van der Waals surface area contributed by atoms with Gasteiger partial charge < -0.3 is 4.74 Å². The summed E-state index contributed by atoms with van der Waals surface area (Å²) in [7, 11) is 0. The van der Waals surface area contributed by atoms with Crippen LogP contribution in [0.5, 0.6) is 0 Å². The standard InChI is InChI=1S/C23H15F2NO2/c24-17-9-5-15(6-10-17)14-28-23(27)20-13-22(16-7-11-18(25)12-8-16)26-21-4-2-1-3-19(20)21/h1-13H,14H2. The molecule has 0 fully saturated rings. The number of hydrogen-bond acceptors (Lipinski definition) is 3. The molecule has 0 saturated heterocycles. The molecule has 0 spiro atoms. The lowest BCUT2D eigenvalue weighted by atomic mass is 10.0. The van der Waals surface area contributed by atoms with Crippen molar-refractivity contribution in [2.24, 2.45) is 0 Å². The van der Waals surface area contributed by atoms with E-state index in [1.807, 2.05) is 12.1 Å². The van der Waals surface area contributed by atoms with E-state index in [0.717, 1.165) is 0 Å². The molecule has 0 bridgehead atoms. The second-order valence-corrected chi connectivity index (χ2v) is 6.28. The molecule has 0 aliphatic rings. The first kappa shape index (κ1) is 17.8. The smallest absolute Gasteiger partial charge is 0.339 e. The lowest BCUT2D eigenvalue weighted by molar-refractivity contribution is 0.0475. The van der Waals surface area contributed by atoms with Gasteiger partial charge in [-0.05, 0) is 54.1 Å². The molecule has 4 aromatic rings. The van der Waals surface area contributed by atoms with Gasteiger partial charge in [-0.25, -0.2) is 18.6 Å². The molecular weight excluding hydrogens is 360 g/mol. The van der Waals surface area contributed by atoms with Crippen LogP contribution in [-0.2, 0) is 11.3 Å². The average molecular weight is 375 g/mol. The fourth-order valence-corrected chi connectivity index (χ4v) is 2.92. The highest BCUT2D eigenvalue weighted by Crippen LogP contribution is 2.26. The number of carbonyl (C=O) groups excluding carboxylic acids is 1. The molecule has 138 valence electrons. The second kappa shape index (κ2) is 7.56. The molecule has 3 aromatic carbocycles. The van der Waals surface area contributed by atoms with E-state index in [1.54, 1.807) is 42.5 Å². The lowest BCUT2D eigenvalue weighted by Crippen LogP contribution is -2.07. The van der Waals surface area contributed by atoms with Crippen LogP contribution in [0.15, 0.2) is 78.9 Å². The minimum Gasteiger partial charge on any atom is -0.457 e. The first-order chi connectivity index (χ1) is 13.6. The van der Waals surface area contributed by atoms with Crippen molar-refractivity contribution in [1.29, 1.82) is 0 Å². The van der Waals surface area contributed by atoms with Crippen LogP contribution in [0.25, 0.3) is 22.2 Å². The Morgan fingerprint density at radius 2 is 1.50 bits per heavy atom. The van der Waals surface area contributed by atoms with Crippen molar-refractivity contribution in [3.05, 3.63) is 102 Å². The molecule has 0 unspecified atom stereocenters. The van der Waals surface area contributed by atoms with Crippen LogP contribution in [0.3, 0.4) is 0 Å². The van der Waals surface area contributed by atoms with Gasteiger partial charge in [0.1, 0.15) is 18.2 Å². The molecule has 0 aliphatic carbocycles. The first-order valence-corrected chi connectivity index (χ1v) is 8.67. The Hall–Kier alpha value is -3.60. The van der Waals surface area contributed by atoms with Gasteiger partial charge in [0, 0.05) is 10.9 Å². The van der Waals surface area contributed by atoms with Gasteiger partial charge >= 0.3 is 5.97 Å². The number of carbonyl (C=O) groups is 1. The zero-order chi connectivity index (χ0) is 19.5. The van der Waals surface area contributed by atoms with Crippen LogP contribution in [0.1, 0.15) is 15.9 Å². The summed E-state index contributed by atoms with van der Waals surface area (Å²) in [5.41, 5.74) is 2.93. The van der Waals surface area contributed by atoms with Crippen molar-refractivity contribution in [1.82, 2.24) is 4.98 Å². The van der Waals surface area contributed by atoms with Gasteiger partial charge in [0.05, 0.1) is 16.8 Å². The maximum atomic E-state index is 13.2. The number of fused-ring (bicyclic) bond motifs is 1. The SMILES string of the molecule is O=C(OCc1ccc(F)cc1)c1cc(-c2ccc(F)cc2)nc2ccccc12. The monoisotopic (exact) mass is 375 g/mol. The van der Waals surface area contributed by atoms with Crippen molar-refractivity contribution in [3.63, 3.8) is 0 Å². The number of hydrogen-bond donors (Lipinski definition) is 0. The van der Waals surface area contributed by atoms with Gasteiger partial charge in [-0.2, -0.15) is 0 Å². The number of nitrogens with zero attached hydrogens (tertiary/aromatic N) is 1. The van der Waals surface area contributed by atoms with Crippen molar-refractivity contribution >= 4 is 16.9 Å². The Bertz CT molecular complexity index is 1140. The normalized spacial score (nSPS) is 10.8. The molecule has 0 atom stereocenters. The van der Waals surface area contributed by atoms with Gasteiger partial charge in [-0.3, -0.25) is 0 Å². The summed E-state index contributed by atoms with van der Waals surface area (Å²) in [6, 6.07) is 20.6. The number of pyridine rings is 1. The van der Waals surface area contributed by atoms with E-state index < -0.39 is 5.97 Å². The predicted molar refractivity (Wildman–Crippen MR) is 103 cm³/mol. The Balaban J connectivity index is 1.69. The molecule has 0 radical (unpaired) electrons. The van der Waals surface area contributed by atoms with E-state index in [4.69, 9.17) is 4.74 Å². The van der Waals surface area contributed by atoms with E-state index in [-0.39, 0.29) is 18.2 Å². The van der Waals surface area contributed by atoms with Crippen LogP contribution in [0.2, 0.25) is 0 Å². The van der Waals surface area contributed by atoms with Crippen LogP contribution < -0.4 is 0 Å². The van der Waals surface area contributed by atoms with Crippen molar-refractivity contribution in [2.75, 3.05) is 0 Å². The third kappa shape index (κ3) is 3.74. The van der Waals surface area contributed by atoms with E-state index >= 15 is 0 Å². The number of para-hydroxylation sites is 1. The fraction of sp³-hybridized carbons (Fsp3) is 0.0435. The molecular formula is C23H15F2NO2. The van der Waals surface area contributed by atoms with Crippen molar-refractivity contribution < 1.29 is 18.3 Å². The van der Waals surface area contributed by atoms with Crippen LogP contribution in [-0.4, -0.2) is 11.0 Å². The summed E-state index contributed by atoms with van der Waals surface area (Å²) in [5.74, 6) is -1.20. The topological polar surface area (TPSA) is 39.2 Å². The summed E-state index contributed by atoms with van der Waals surface area (Å²) in [6.45, 7) is 0.0294. The van der Waals surface area contributed by atoms with Crippen LogP contribution in [0.4, 0.5) is 8.78 Å². The van der Waals surface area contributed by atoms with Crippen LogP contribution >= 0.6 is 0 Å². The number of ether oxygens (including phenoxy) is 1. The minimum atomic E-state index is -0.508. The van der Waals surface area contributed by atoms with E-state index in [2.05, 4.69) is 4.98 Å².